The molecule has 3 nitrogen and oxygen atoms in total. The van der Waals surface area contributed by atoms with Crippen LogP contribution < -0.4 is 5.32 Å². The average molecular weight is 384 g/mol. The molecule has 0 saturated heterocycles. The van der Waals surface area contributed by atoms with E-state index in [4.69, 9.17) is 11.6 Å². The van der Waals surface area contributed by atoms with Gasteiger partial charge in [-0.1, -0.05) is 17.7 Å². The van der Waals surface area contributed by atoms with Gasteiger partial charge in [0.05, 0.1) is 11.1 Å². The first-order chi connectivity index (χ1) is 12.2. The molecule has 0 radical (unpaired) electrons. The third-order valence-corrected chi connectivity index (χ3v) is 4.12. The lowest BCUT2D eigenvalue weighted by atomic mass is 10.0. The van der Waals surface area contributed by atoms with Crippen LogP contribution in [0.3, 0.4) is 0 Å². The van der Waals surface area contributed by atoms with Crippen LogP contribution in [0.2, 0.25) is 5.02 Å². The maximum Gasteiger partial charge on any atom is 0.416 e. The Labute approximate surface area is 152 Å². The largest absolute Gasteiger partial charge is 0.416 e. The number of fused-ring (bicyclic) bond motifs is 1. The number of nitrogens with zero attached hydrogens (tertiary/aromatic N) is 2. The van der Waals surface area contributed by atoms with Crippen molar-refractivity contribution < 1.29 is 17.6 Å². The number of aromatic nitrogens is 2. The third-order valence-electron chi connectivity index (χ3n) is 3.89. The van der Waals surface area contributed by atoms with Crippen molar-refractivity contribution in [3.8, 4) is 0 Å². The second kappa shape index (κ2) is 7.07. The molecular weight excluding hydrogens is 370 g/mol. The topological polar surface area (TPSA) is 37.8 Å². The molecule has 0 saturated carbocycles. The van der Waals surface area contributed by atoms with E-state index >= 15 is 0 Å². The van der Waals surface area contributed by atoms with Gasteiger partial charge in [-0.3, -0.25) is 0 Å². The van der Waals surface area contributed by atoms with Gasteiger partial charge in [0.2, 0.25) is 0 Å². The maximum atomic E-state index is 13.3. The summed E-state index contributed by atoms with van der Waals surface area (Å²) >= 11 is 5.70. The quantitative estimate of drug-likeness (QED) is 0.606. The van der Waals surface area contributed by atoms with Crippen molar-refractivity contribution in [1.82, 2.24) is 9.97 Å². The number of rotatable bonds is 4. The Morgan fingerprint density at radius 3 is 2.62 bits per heavy atom. The highest BCUT2D eigenvalue weighted by Crippen LogP contribution is 2.34. The summed E-state index contributed by atoms with van der Waals surface area (Å²) in [6.07, 6.45) is -3.10. The molecule has 1 aromatic heterocycles. The highest BCUT2D eigenvalue weighted by Gasteiger charge is 2.33. The first-order valence-electron chi connectivity index (χ1n) is 7.76. The average Bonchev–Trinajstić information content (AvgIpc) is 2.55. The highest BCUT2D eigenvalue weighted by molar-refractivity contribution is 6.30. The highest BCUT2D eigenvalue weighted by atomic mass is 35.5. The molecule has 3 rings (SSSR count). The van der Waals surface area contributed by atoms with E-state index < -0.39 is 17.6 Å². The van der Waals surface area contributed by atoms with Gasteiger partial charge in [0.1, 0.15) is 18.0 Å². The normalized spacial score (nSPS) is 13.0. The number of nitrogens with one attached hydrogen (secondary N) is 1. The van der Waals surface area contributed by atoms with Crippen LogP contribution in [0.25, 0.3) is 10.9 Å². The number of benzene rings is 2. The summed E-state index contributed by atoms with van der Waals surface area (Å²) < 4.78 is 53.0. The van der Waals surface area contributed by atoms with E-state index in [-0.39, 0.29) is 23.0 Å². The summed E-state index contributed by atoms with van der Waals surface area (Å²) in [5, 5.41) is 3.70. The van der Waals surface area contributed by atoms with Gasteiger partial charge < -0.3 is 5.32 Å². The molecule has 0 fully saturated rings. The van der Waals surface area contributed by atoms with Crippen LogP contribution in [0.1, 0.15) is 18.1 Å². The maximum absolute atomic E-state index is 13.3. The second-order valence-corrected chi connectivity index (χ2v) is 6.37. The Balaban J connectivity index is 1.86. The lowest BCUT2D eigenvalue weighted by Gasteiger charge is -2.19. The third kappa shape index (κ3) is 4.04. The molecule has 0 aliphatic heterocycles. The summed E-state index contributed by atoms with van der Waals surface area (Å²) in [6.45, 7) is 1.74. The SMILES string of the molecule is CC(Cc1ccc(Cl)cc1C(F)(F)F)Nc1ncnc2cc(F)ccc12. The Bertz CT molecular complexity index is 943. The number of hydrogen-bond donors (Lipinski definition) is 1. The molecular formula is C18H14ClF4N3. The standard InChI is InChI=1S/C18H14ClF4N3/c1-10(6-11-2-3-12(19)7-15(11)18(21,22)23)26-17-14-5-4-13(20)8-16(14)24-9-25-17/h2-5,7-10H,6H2,1H3,(H,24,25,26). The fraction of sp³-hybridized carbons (Fsp3) is 0.222. The van der Waals surface area contributed by atoms with Gasteiger partial charge in [-0.2, -0.15) is 13.2 Å². The van der Waals surface area contributed by atoms with E-state index in [1.165, 1.54) is 36.7 Å². The van der Waals surface area contributed by atoms with Crippen molar-refractivity contribution in [3.05, 3.63) is 64.7 Å². The van der Waals surface area contributed by atoms with E-state index in [9.17, 15) is 17.6 Å². The molecule has 0 bridgehead atoms. The number of anilines is 1. The second-order valence-electron chi connectivity index (χ2n) is 5.93. The summed E-state index contributed by atoms with van der Waals surface area (Å²) in [5.41, 5.74) is -0.211. The lowest BCUT2D eigenvalue weighted by Crippen LogP contribution is -2.21. The molecule has 136 valence electrons. The summed E-state index contributed by atoms with van der Waals surface area (Å²) in [5.74, 6) is 0.0104. The monoisotopic (exact) mass is 383 g/mol. The molecule has 8 heteroatoms. The Morgan fingerprint density at radius 1 is 1.12 bits per heavy atom. The van der Waals surface area contributed by atoms with Crippen molar-refractivity contribution in [2.75, 3.05) is 5.32 Å². The Kier molecular flexibility index (Phi) is 5.00. The molecule has 1 unspecified atom stereocenters. The van der Waals surface area contributed by atoms with Crippen molar-refractivity contribution in [3.63, 3.8) is 0 Å². The lowest BCUT2D eigenvalue weighted by molar-refractivity contribution is -0.138. The van der Waals surface area contributed by atoms with Gasteiger partial charge in [0.25, 0.3) is 0 Å². The molecule has 1 heterocycles. The zero-order valence-corrected chi connectivity index (χ0v) is 14.4. The first kappa shape index (κ1) is 18.4. The predicted molar refractivity (Wildman–Crippen MR) is 92.7 cm³/mol. The van der Waals surface area contributed by atoms with Crippen LogP contribution >= 0.6 is 11.6 Å². The number of alkyl halides is 3. The molecule has 2 aromatic carbocycles. The van der Waals surface area contributed by atoms with Crippen LogP contribution in [0.15, 0.2) is 42.7 Å². The van der Waals surface area contributed by atoms with E-state index in [0.29, 0.717) is 16.7 Å². The zero-order valence-electron chi connectivity index (χ0n) is 13.6. The van der Waals surface area contributed by atoms with Crippen LogP contribution in [0.4, 0.5) is 23.4 Å². The van der Waals surface area contributed by atoms with E-state index in [2.05, 4.69) is 15.3 Å². The molecule has 1 N–H and O–H groups in total. The van der Waals surface area contributed by atoms with Gasteiger partial charge >= 0.3 is 6.18 Å². The van der Waals surface area contributed by atoms with Gasteiger partial charge in [0.15, 0.2) is 0 Å². The molecule has 26 heavy (non-hydrogen) atoms. The molecule has 3 aromatic rings. The van der Waals surface area contributed by atoms with Crippen molar-refractivity contribution in [1.29, 1.82) is 0 Å². The minimum atomic E-state index is -4.49. The van der Waals surface area contributed by atoms with Gasteiger partial charge in [-0.25, -0.2) is 14.4 Å². The van der Waals surface area contributed by atoms with Crippen molar-refractivity contribution >= 4 is 28.3 Å². The van der Waals surface area contributed by atoms with Crippen molar-refractivity contribution in [2.24, 2.45) is 0 Å². The first-order valence-corrected chi connectivity index (χ1v) is 8.14. The van der Waals surface area contributed by atoms with Gasteiger partial charge in [-0.15, -0.1) is 0 Å². The van der Waals surface area contributed by atoms with E-state index in [1.54, 1.807) is 6.92 Å². The van der Waals surface area contributed by atoms with Gasteiger partial charge in [0, 0.05) is 22.5 Å². The van der Waals surface area contributed by atoms with Crippen LogP contribution in [-0.4, -0.2) is 16.0 Å². The van der Waals surface area contributed by atoms with Crippen molar-refractivity contribution in [2.45, 2.75) is 25.6 Å². The zero-order chi connectivity index (χ0) is 18.9. The number of hydrogen-bond acceptors (Lipinski definition) is 3. The number of halogens is 5. The fourth-order valence-corrected chi connectivity index (χ4v) is 2.92. The Morgan fingerprint density at radius 2 is 1.88 bits per heavy atom. The molecule has 0 amide bonds. The minimum Gasteiger partial charge on any atom is -0.367 e. The van der Waals surface area contributed by atoms with Crippen LogP contribution in [0.5, 0.6) is 0 Å². The minimum absolute atomic E-state index is 0.0329. The fourth-order valence-electron chi connectivity index (χ4n) is 2.75. The van der Waals surface area contributed by atoms with Crippen LogP contribution in [0, 0.1) is 5.82 Å². The smallest absolute Gasteiger partial charge is 0.367 e. The summed E-state index contributed by atoms with van der Waals surface area (Å²) in [4.78, 5) is 8.11. The summed E-state index contributed by atoms with van der Waals surface area (Å²) in [7, 11) is 0. The van der Waals surface area contributed by atoms with Crippen LogP contribution in [-0.2, 0) is 12.6 Å². The summed E-state index contributed by atoms with van der Waals surface area (Å²) in [6, 6.07) is 7.45. The predicted octanol–water partition coefficient (Wildman–Crippen LogP) is 5.48. The molecule has 1 atom stereocenters. The Hall–Kier alpha value is -2.41. The van der Waals surface area contributed by atoms with E-state index in [0.717, 1.165) is 6.07 Å². The van der Waals surface area contributed by atoms with E-state index in [1.807, 2.05) is 0 Å². The molecule has 0 spiro atoms. The molecule has 0 aliphatic rings. The van der Waals surface area contributed by atoms with Gasteiger partial charge in [-0.05, 0) is 43.2 Å². The molecule has 0 aliphatic carbocycles.